The SMILES string of the molecule is Cc1c(Cc2ccccc2)c(=O)oc2c(CN3CCCCC3)c(O)c(Cl)cc12. The van der Waals surface area contributed by atoms with Gasteiger partial charge in [0.25, 0.3) is 0 Å². The van der Waals surface area contributed by atoms with Crippen LogP contribution in [0.5, 0.6) is 5.75 Å². The van der Waals surface area contributed by atoms with Gasteiger partial charge in [-0.25, -0.2) is 4.79 Å². The number of rotatable bonds is 4. The Kier molecular flexibility index (Phi) is 5.42. The number of phenols is 1. The Balaban J connectivity index is 1.82. The Morgan fingerprint density at radius 2 is 1.82 bits per heavy atom. The lowest BCUT2D eigenvalue weighted by Gasteiger charge is -2.27. The van der Waals surface area contributed by atoms with E-state index >= 15 is 0 Å². The smallest absolute Gasteiger partial charge is 0.340 e. The second-order valence-corrected chi connectivity index (χ2v) is 7.96. The monoisotopic (exact) mass is 397 g/mol. The van der Waals surface area contributed by atoms with Crippen LogP contribution in [0.2, 0.25) is 5.02 Å². The zero-order chi connectivity index (χ0) is 19.7. The van der Waals surface area contributed by atoms with Crippen LogP contribution in [0.15, 0.2) is 45.6 Å². The number of aromatic hydroxyl groups is 1. The molecule has 1 aromatic heterocycles. The Bertz CT molecular complexity index is 1050. The summed E-state index contributed by atoms with van der Waals surface area (Å²) in [4.78, 5) is 15.1. The van der Waals surface area contributed by atoms with Gasteiger partial charge in [0.2, 0.25) is 0 Å². The second kappa shape index (κ2) is 7.98. The highest BCUT2D eigenvalue weighted by atomic mass is 35.5. The first kappa shape index (κ1) is 19.0. The van der Waals surface area contributed by atoms with E-state index < -0.39 is 0 Å². The normalized spacial score (nSPS) is 15.2. The molecule has 2 aromatic carbocycles. The molecule has 0 amide bonds. The number of hydrogen-bond acceptors (Lipinski definition) is 4. The molecule has 146 valence electrons. The van der Waals surface area contributed by atoms with Gasteiger partial charge in [-0.05, 0) is 50.0 Å². The number of nitrogens with zero attached hydrogens (tertiary/aromatic N) is 1. The first-order valence-electron chi connectivity index (χ1n) is 9.77. The molecule has 0 atom stereocenters. The molecule has 0 unspecified atom stereocenters. The van der Waals surface area contributed by atoms with Gasteiger partial charge < -0.3 is 9.52 Å². The van der Waals surface area contributed by atoms with Gasteiger partial charge in [0.05, 0.1) is 10.6 Å². The third-order valence-corrected chi connectivity index (χ3v) is 5.94. The molecule has 28 heavy (non-hydrogen) atoms. The Morgan fingerprint density at radius 3 is 2.54 bits per heavy atom. The number of benzene rings is 2. The van der Waals surface area contributed by atoms with Crippen LogP contribution in [0.4, 0.5) is 0 Å². The van der Waals surface area contributed by atoms with E-state index in [9.17, 15) is 9.90 Å². The molecule has 0 bridgehead atoms. The van der Waals surface area contributed by atoms with E-state index in [0.717, 1.165) is 42.4 Å². The molecule has 1 N–H and O–H groups in total. The molecule has 1 aliphatic heterocycles. The van der Waals surface area contributed by atoms with Crippen molar-refractivity contribution in [1.82, 2.24) is 4.90 Å². The van der Waals surface area contributed by atoms with Gasteiger partial charge in [-0.15, -0.1) is 0 Å². The van der Waals surface area contributed by atoms with Gasteiger partial charge >= 0.3 is 5.63 Å². The van der Waals surface area contributed by atoms with Crippen molar-refractivity contribution in [2.24, 2.45) is 0 Å². The van der Waals surface area contributed by atoms with Gasteiger partial charge in [0.1, 0.15) is 11.3 Å². The van der Waals surface area contributed by atoms with Crippen molar-refractivity contribution in [2.45, 2.75) is 39.2 Å². The van der Waals surface area contributed by atoms with E-state index in [1.54, 1.807) is 6.07 Å². The number of fused-ring (bicyclic) bond motifs is 1. The molecule has 3 aromatic rings. The average molecular weight is 398 g/mol. The first-order chi connectivity index (χ1) is 13.5. The molecule has 0 spiro atoms. The topological polar surface area (TPSA) is 53.7 Å². The largest absolute Gasteiger partial charge is 0.506 e. The van der Waals surface area contributed by atoms with Crippen molar-refractivity contribution < 1.29 is 9.52 Å². The van der Waals surface area contributed by atoms with Crippen molar-refractivity contribution in [3.8, 4) is 5.75 Å². The van der Waals surface area contributed by atoms with Crippen molar-refractivity contribution in [3.63, 3.8) is 0 Å². The Hall–Kier alpha value is -2.30. The van der Waals surface area contributed by atoms with Gasteiger partial charge in [-0.1, -0.05) is 48.4 Å². The quantitative estimate of drug-likeness (QED) is 0.627. The Morgan fingerprint density at radius 1 is 1.11 bits per heavy atom. The zero-order valence-electron chi connectivity index (χ0n) is 16.0. The van der Waals surface area contributed by atoms with E-state index in [2.05, 4.69) is 4.90 Å². The summed E-state index contributed by atoms with van der Waals surface area (Å²) in [6.07, 6.45) is 4.02. The lowest BCUT2D eigenvalue weighted by molar-refractivity contribution is 0.218. The van der Waals surface area contributed by atoms with Crippen LogP contribution in [0, 0.1) is 6.92 Å². The van der Waals surface area contributed by atoms with E-state index in [4.69, 9.17) is 16.0 Å². The summed E-state index contributed by atoms with van der Waals surface area (Å²) >= 11 is 6.35. The summed E-state index contributed by atoms with van der Waals surface area (Å²) in [6.45, 7) is 4.41. The van der Waals surface area contributed by atoms with Crippen LogP contribution in [0.1, 0.15) is 41.5 Å². The van der Waals surface area contributed by atoms with Crippen molar-refractivity contribution in [2.75, 3.05) is 13.1 Å². The number of aryl methyl sites for hydroxylation is 1. The number of hydrogen-bond donors (Lipinski definition) is 1. The van der Waals surface area contributed by atoms with Crippen molar-refractivity contribution in [1.29, 1.82) is 0 Å². The summed E-state index contributed by atoms with van der Waals surface area (Å²) in [6, 6.07) is 11.6. The fourth-order valence-corrected chi connectivity index (χ4v) is 4.26. The molecule has 5 heteroatoms. The first-order valence-corrected chi connectivity index (χ1v) is 10.2. The van der Waals surface area contributed by atoms with E-state index in [1.807, 2.05) is 37.3 Å². The number of phenolic OH excluding ortho intramolecular Hbond substituents is 1. The summed E-state index contributed by atoms with van der Waals surface area (Å²) < 4.78 is 5.75. The van der Waals surface area contributed by atoms with Gasteiger partial charge in [-0.2, -0.15) is 0 Å². The maximum Gasteiger partial charge on any atom is 0.340 e. The van der Waals surface area contributed by atoms with Crippen LogP contribution in [0.3, 0.4) is 0 Å². The maximum atomic E-state index is 12.8. The molecule has 2 heterocycles. The van der Waals surface area contributed by atoms with Crippen LogP contribution >= 0.6 is 11.6 Å². The standard InChI is InChI=1S/C23H24ClNO3/c1-15-17-13-20(24)21(26)19(14-25-10-6-3-7-11-25)22(17)28-23(27)18(15)12-16-8-4-2-5-9-16/h2,4-5,8-9,13,26H,3,6-7,10-12,14H2,1H3. The van der Waals surface area contributed by atoms with Gasteiger partial charge in [0, 0.05) is 23.9 Å². The molecule has 1 saturated heterocycles. The predicted octanol–water partition coefficient (Wildman–Crippen LogP) is 5.04. The van der Waals surface area contributed by atoms with E-state index in [0.29, 0.717) is 34.7 Å². The molecule has 4 rings (SSSR count). The second-order valence-electron chi connectivity index (χ2n) is 7.55. The Labute approximate surface area is 169 Å². The molecule has 0 radical (unpaired) electrons. The molecule has 1 fully saturated rings. The van der Waals surface area contributed by atoms with Crippen LogP contribution in [-0.4, -0.2) is 23.1 Å². The fourth-order valence-electron chi connectivity index (χ4n) is 4.03. The minimum Gasteiger partial charge on any atom is -0.506 e. The predicted molar refractivity (Wildman–Crippen MR) is 112 cm³/mol. The van der Waals surface area contributed by atoms with E-state index in [-0.39, 0.29) is 11.4 Å². The molecule has 0 aliphatic carbocycles. The summed E-state index contributed by atoms with van der Waals surface area (Å²) in [5.74, 6) is 0.0121. The third kappa shape index (κ3) is 3.67. The number of piperidine rings is 1. The van der Waals surface area contributed by atoms with Gasteiger partial charge in [-0.3, -0.25) is 4.90 Å². The highest BCUT2D eigenvalue weighted by Crippen LogP contribution is 2.37. The minimum atomic E-state index is -0.351. The zero-order valence-corrected chi connectivity index (χ0v) is 16.8. The van der Waals surface area contributed by atoms with Crippen molar-refractivity contribution >= 4 is 22.6 Å². The lowest BCUT2D eigenvalue weighted by atomic mass is 9.97. The van der Waals surface area contributed by atoms with Crippen LogP contribution in [0.25, 0.3) is 11.0 Å². The highest BCUT2D eigenvalue weighted by molar-refractivity contribution is 6.33. The number of halogens is 1. The summed E-state index contributed by atoms with van der Waals surface area (Å²) in [7, 11) is 0. The lowest BCUT2D eigenvalue weighted by Crippen LogP contribution is -2.29. The third-order valence-electron chi connectivity index (χ3n) is 5.65. The van der Waals surface area contributed by atoms with Crippen LogP contribution in [-0.2, 0) is 13.0 Å². The molecule has 4 nitrogen and oxygen atoms in total. The van der Waals surface area contributed by atoms with Crippen LogP contribution < -0.4 is 5.63 Å². The summed E-state index contributed by atoms with van der Waals surface area (Å²) in [5, 5.41) is 11.7. The maximum absolute atomic E-state index is 12.8. The molecule has 1 aliphatic rings. The van der Waals surface area contributed by atoms with E-state index in [1.165, 1.54) is 6.42 Å². The number of likely N-dealkylation sites (tertiary alicyclic amines) is 1. The van der Waals surface area contributed by atoms with Gasteiger partial charge in [0.15, 0.2) is 0 Å². The summed E-state index contributed by atoms with van der Waals surface area (Å²) in [5.41, 5.74) is 3.25. The molecular weight excluding hydrogens is 374 g/mol. The molecule has 0 saturated carbocycles. The minimum absolute atomic E-state index is 0.0121. The fraction of sp³-hybridized carbons (Fsp3) is 0.348. The molecular formula is C23H24ClNO3. The highest BCUT2D eigenvalue weighted by Gasteiger charge is 2.22. The van der Waals surface area contributed by atoms with Crippen molar-refractivity contribution in [3.05, 3.63) is 74.1 Å². The average Bonchev–Trinajstić information content (AvgIpc) is 2.71.